The third kappa shape index (κ3) is 3.53. The summed E-state index contributed by atoms with van der Waals surface area (Å²) in [5.74, 6) is 0.907. The van der Waals surface area contributed by atoms with Crippen LogP contribution in [0.5, 0.6) is 5.75 Å². The molecule has 0 saturated heterocycles. The minimum absolute atomic E-state index is 0.541. The Balaban J connectivity index is 1.59. The lowest BCUT2D eigenvalue weighted by atomic mass is 9.96. The van der Waals surface area contributed by atoms with Crippen molar-refractivity contribution in [3.05, 3.63) is 45.8 Å². The van der Waals surface area contributed by atoms with E-state index in [1.54, 1.807) is 0 Å². The molecule has 2 aromatic rings. The van der Waals surface area contributed by atoms with E-state index in [9.17, 15) is 0 Å². The molecule has 1 fully saturated rings. The van der Waals surface area contributed by atoms with Gasteiger partial charge in [-0.3, -0.25) is 4.68 Å². The first kappa shape index (κ1) is 13.9. The summed E-state index contributed by atoms with van der Waals surface area (Å²) in [6.07, 6.45) is 8.67. The molecular formula is C16H19IN2O. The molecule has 1 heterocycles. The van der Waals surface area contributed by atoms with E-state index in [1.165, 1.54) is 35.7 Å². The average Bonchev–Trinajstić information content (AvgIpc) is 2.95. The topological polar surface area (TPSA) is 27.1 Å². The van der Waals surface area contributed by atoms with Crippen molar-refractivity contribution in [2.24, 2.45) is 0 Å². The van der Waals surface area contributed by atoms with Crippen LogP contribution in [-0.4, -0.2) is 9.78 Å². The van der Waals surface area contributed by atoms with Crippen LogP contribution < -0.4 is 4.74 Å². The van der Waals surface area contributed by atoms with Gasteiger partial charge in [-0.25, -0.2) is 0 Å². The summed E-state index contributed by atoms with van der Waals surface area (Å²) in [4.78, 5) is 0. The first-order chi connectivity index (χ1) is 9.81. The number of nitrogens with zero attached hydrogens (tertiary/aromatic N) is 2. The van der Waals surface area contributed by atoms with Crippen LogP contribution in [0.2, 0.25) is 0 Å². The fourth-order valence-corrected chi connectivity index (χ4v) is 3.23. The third-order valence-electron chi connectivity index (χ3n) is 3.80. The van der Waals surface area contributed by atoms with Gasteiger partial charge in [0.25, 0.3) is 0 Å². The molecule has 106 valence electrons. The molecular weight excluding hydrogens is 363 g/mol. The average molecular weight is 382 g/mol. The number of benzene rings is 1. The molecule has 1 aromatic heterocycles. The van der Waals surface area contributed by atoms with Crippen molar-refractivity contribution in [1.82, 2.24) is 9.78 Å². The summed E-state index contributed by atoms with van der Waals surface area (Å²) >= 11 is 2.29. The third-order valence-corrected chi connectivity index (χ3v) is 4.47. The molecule has 0 atom stereocenters. The smallest absolute Gasteiger partial charge is 0.132 e. The van der Waals surface area contributed by atoms with Crippen molar-refractivity contribution in [1.29, 1.82) is 0 Å². The second kappa shape index (κ2) is 6.61. The van der Waals surface area contributed by atoms with Crippen molar-refractivity contribution < 1.29 is 4.74 Å². The van der Waals surface area contributed by atoms with Crippen molar-refractivity contribution in [3.63, 3.8) is 0 Å². The molecule has 20 heavy (non-hydrogen) atoms. The highest BCUT2D eigenvalue weighted by molar-refractivity contribution is 14.1. The highest BCUT2D eigenvalue weighted by Crippen LogP contribution is 2.27. The van der Waals surface area contributed by atoms with Gasteiger partial charge in [-0.2, -0.15) is 5.10 Å². The fourth-order valence-electron chi connectivity index (χ4n) is 2.72. The number of rotatable bonds is 4. The van der Waals surface area contributed by atoms with Gasteiger partial charge >= 0.3 is 0 Å². The molecule has 0 radical (unpaired) electrons. The zero-order chi connectivity index (χ0) is 13.8. The molecule has 1 aliphatic carbocycles. The normalized spacial score (nSPS) is 16.2. The molecule has 3 rings (SSSR count). The van der Waals surface area contributed by atoms with Crippen molar-refractivity contribution in [2.45, 2.75) is 44.8 Å². The lowest BCUT2D eigenvalue weighted by Gasteiger charge is -2.21. The minimum Gasteiger partial charge on any atom is -0.487 e. The molecule has 0 amide bonds. The maximum Gasteiger partial charge on any atom is 0.132 e. The van der Waals surface area contributed by atoms with Crippen molar-refractivity contribution >= 4 is 22.6 Å². The van der Waals surface area contributed by atoms with E-state index in [0.29, 0.717) is 12.6 Å². The Morgan fingerprint density at radius 2 is 2.05 bits per heavy atom. The maximum absolute atomic E-state index is 5.79. The molecule has 1 saturated carbocycles. The zero-order valence-corrected chi connectivity index (χ0v) is 13.6. The summed E-state index contributed by atoms with van der Waals surface area (Å²) in [6.45, 7) is 0.541. The van der Waals surface area contributed by atoms with Gasteiger partial charge in [-0.05, 0) is 59.7 Å². The van der Waals surface area contributed by atoms with Gasteiger partial charge in [0.1, 0.15) is 12.4 Å². The molecule has 0 bridgehead atoms. The van der Waals surface area contributed by atoms with Crippen LogP contribution in [0.25, 0.3) is 0 Å². The Morgan fingerprint density at radius 3 is 2.85 bits per heavy atom. The number of ether oxygens (including phenoxy) is 1. The van der Waals surface area contributed by atoms with E-state index in [4.69, 9.17) is 4.74 Å². The van der Waals surface area contributed by atoms with Gasteiger partial charge in [-0.15, -0.1) is 0 Å². The van der Waals surface area contributed by atoms with Crippen LogP contribution in [0.1, 0.15) is 43.8 Å². The van der Waals surface area contributed by atoms with E-state index in [2.05, 4.69) is 50.7 Å². The Kier molecular flexibility index (Phi) is 4.60. The predicted octanol–water partition coefficient (Wildman–Crippen LogP) is 4.57. The van der Waals surface area contributed by atoms with E-state index in [1.807, 2.05) is 18.2 Å². The standard InChI is InChI=1S/C16H19IN2O/c17-13-5-4-8-16(11-13)20-12-14-9-10-19(18-14)15-6-2-1-3-7-15/h4-5,8-11,15H,1-3,6-7,12H2. The summed E-state index contributed by atoms with van der Waals surface area (Å²) in [6, 6.07) is 10.8. The summed E-state index contributed by atoms with van der Waals surface area (Å²) in [5, 5.41) is 4.66. The number of hydrogen-bond acceptors (Lipinski definition) is 2. The van der Waals surface area contributed by atoms with Crippen molar-refractivity contribution in [3.8, 4) is 5.75 Å². The molecule has 4 heteroatoms. The minimum atomic E-state index is 0.541. The first-order valence-electron chi connectivity index (χ1n) is 7.24. The van der Waals surface area contributed by atoms with E-state index in [0.717, 1.165) is 11.4 Å². The molecule has 1 aromatic carbocycles. The first-order valence-corrected chi connectivity index (χ1v) is 8.31. The van der Waals surface area contributed by atoms with Gasteiger partial charge < -0.3 is 4.74 Å². The van der Waals surface area contributed by atoms with E-state index in [-0.39, 0.29) is 0 Å². The van der Waals surface area contributed by atoms with Crippen LogP contribution in [0, 0.1) is 3.57 Å². The molecule has 0 aliphatic heterocycles. The van der Waals surface area contributed by atoms with E-state index >= 15 is 0 Å². The lowest BCUT2D eigenvalue weighted by molar-refractivity contribution is 0.291. The molecule has 0 unspecified atom stereocenters. The Hall–Kier alpha value is -1.04. The molecule has 3 nitrogen and oxygen atoms in total. The summed E-state index contributed by atoms with van der Waals surface area (Å²) in [7, 11) is 0. The lowest BCUT2D eigenvalue weighted by Crippen LogP contribution is -2.13. The van der Waals surface area contributed by atoms with E-state index < -0.39 is 0 Å². The fraction of sp³-hybridized carbons (Fsp3) is 0.438. The van der Waals surface area contributed by atoms with Crippen LogP contribution in [0.3, 0.4) is 0 Å². The number of aromatic nitrogens is 2. The molecule has 0 N–H and O–H groups in total. The van der Waals surface area contributed by atoms with Crippen LogP contribution in [-0.2, 0) is 6.61 Å². The summed E-state index contributed by atoms with van der Waals surface area (Å²) in [5.41, 5.74) is 1.01. The number of hydrogen-bond donors (Lipinski definition) is 0. The molecule has 1 aliphatic rings. The quantitative estimate of drug-likeness (QED) is 0.725. The highest BCUT2D eigenvalue weighted by atomic mass is 127. The van der Waals surface area contributed by atoms with Gasteiger partial charge in [0.15, 0.2) is 0 Å². The Morgan fingerprint density at radius 1 is 1.20 bits per heavy atom. The van der Waals surface area contributed by atoms with Gasteiger partial charge in [0.2, 0.25) is 0 Å². The van der Waals surface area contributed by atoms with Gasteiger partial charge in [0.05, 0.1) is 11.7 Å². The SMILES string of the molecule is Ic1cccc(OCc2ccn(C3CCCCC3)n2)c1. The van der Waals surface area contributed by atoms with Crippen LogP contribution in [0.15, 0.2) is 36.5 Å². The largest absolute Gasteiger partial charge is 0.487 e. The Bertz CT molecular complexity index is 561. The predicted molar refractivity (Wildman–Crippen MR) is 87.8 cm³/mol. The van der Waals surface area contributed by atoms with Gasteiger partial charge in [0, 0.05) is 9.77 Å². The Labute approximate surface area is 133 Å². The maximum atomic E-state index is 5.79. The number of halogens is 1. The second-order valence-electron chi connectivity index (χ2n) is 5.32. The van der Waals surface area contributed by atoms with Crippen LogP contribution >= 0.6 is 22.6 Å². The second-order valence-corrected chi connectivity index (χ2v) is 6.57. The zero-order valence-electron chi connectivity index (χ0n) is 11.5. The van der Waals surface area contributed by atoms with Gasteiger partial charge in [-0.1, -0.05) is 25.3 Å². The van der Waals surface area contributed by atoms with Crippen LogP contribution in [0.4, 0.5) is 0 Å². The highest BCUT2D eigenvalue weighted by Gasteiger charge is 2.15. The van der Waals surface area contributed by atoms with Crippen molar-refractivity contribution in [2.75, 3.05) is 0 Å². The monoisotopic (exact) mass is 382 g/mol. The molecule has 0 spiro atoms. The summed E-state index contributed by atoms with van der Waals surface area (Å²) < 4.78 is 9.11.